The lowest BCUT2D eigenvalue weighted by atomic mass is 9.76. The van der Waals surface area contributed by atoms with Crippen LogP contribution in [0.25, 0.3) is 0 Å². The zero-order valence-electron chi connectivity index (χ0n) is 11.0. The summed E-state index contributed by atoms with van der Waals surface area (Å²) < 4.78 is 0. The van der Waals surface area contributed by atoms with Crippen LogP contribution in [0.3, 0.4) is 0 Å². The van der Waals surface area contributed by atoms with Crippen LogP contribution in [-0.2, 0) is 0 Å². The van der Waals surface area contributed by atoms with Crippen molar-refractivity contribution < 1.29 is 0 Å². The van der Waals surface area contributed by atoms with Gasteiger partial charge in [-0.15, -0.1) is 0 Å². The molecule has 2 unspecified atom stereocenters. The molecular weight excluding hydrogens is 196 g/mol. The van der Waals surface area contributed by atoms with Crippen molar-refractivity contribution in [2.45, 2.75) is 51.0 Å². The quantitative estimate of drug-likeness (QED) is 0.792. The predicted octanol–water partition coefficient (Wildman–Crippen LogP) is 2.50. The Morgan fingerprint density at radius 1 is 0.938 bits per heavy atom. The molecular formula is C14H28N2. The number of rotatable bonds is 3. The first-order chi connectivity index (χ1) is 7.79. The molecule has 0 bridgehead atoms. The van der Waals surface area contributed by atoms with Crippen molar-refractivity contribution in [2.24, 2.45) is 11.8 Å². The maximum absolute atomic E-state index is 3.58. The summed E-state index contributed by atoms with van der Waals surface area (Å²) in [4.78, 5) is 2.51. The SMILES string of the molecule is CN(C)C(C1CCCCC1)C1CCCNC1. The lowest BCUT2D eigenvalue weighted by Gasteiger charge is -2.41. The van der Waals surface area contributed by atoms with E-state index >= 15 is 0 Å². The molecule has 2 aliphatic rings. The fourth-order valence-corrected chi connectivity index (χ4v) is 3.87. The molecule has 0 spiro atoms. The second kappa shape index (κ2) is 6.02. The number of nitrogens with zero attached hydrogens (tertiary/aromatic N) is 1. The van der Waals surface area contributed by atoms with E-state index in [1.54, 1.807) is 0 Å². The zero-order chi connectivity index (χ0) is 11.4. The predicted molar refractivity (Wildman–Crippen MR) is 69.6 cm³/mol. The van der Waals surface area contributed by atoms with Crippen molar-refractivity contribution in [3.8, 4) is 0 Å². The molecule has 2 heteroatoms. The monoisotopic (exact) mass is 224 g/mol. The summed E-state index contributed by atoms with van der Waals surface area (Å²) in [5.41, 5.74) is 0. The van der Waals surface area contributed by atoms with Gasteiger partial charge in [0.25, 0.3) is 0 Å². The summed E-state index contributed by atoms with van der Waals surface area (Å²) in [6.45, 7) is 2.49. The van der Waals surface area contributed by atoms with Crippen molar-refractivity contribution in [1.29, 1.82) is 0 Å². The number of nitrogens with one attached hydrogen (secondary N) is 1. The topological polar surface area (TPSA) is 15.3 Å². The fourth-order valence-electron chi connectivity index (χ4n) is 3.87. The van der Waals surface area contributed by atoms with Crippen molar-refractivity contribution in [2.75, 3.05) is 27.2 Å². The lowest BCUT2D eigenvalue weighted by Crippen LogP contribution is -2.47. The molecule has 2 nitrogen and oxygen atoms in total. The molecule has 0 amide bonds. The first-order valence-corrected chi connectivity index (χ1v) is 7.16. The van der Waals surface area contributed by atoms with Gasteiger partial charge in [0.05, 0.1) is 0 Å². The molecule has 1 aliphatic carbocycles. The van der Waals surface area contributed by atoms with Gasteiger partial charge in [0.15, 0.2) is 0 Å². The van der Waals surface area contributed by atoms with Gasteiger partial charge in [-0.1, -0.05) is 19.3 Å². The van der Waals surface area contributed by atoms with E-state index in [9.17, 15) is 0 Å². The van der Waals surface area contributed by atoms with Crippen molar-refractivity contribution in [3.05, 3.63) is 0 Å². The van der Waals surface area contributed by atoms with Gasteiger partial charge in [0.1, 0.15) is 0 Å². The molecule has 1 heterocycles. The van der Waals surface area contributed by atoms with Crippen molar-refractivity contribution >= 4 is 0 Å². The van der Waals surface area contributed by atoms with Gasteiger partial charge in [-0.3, -0.25) is 0 Å². The minimum Gasteiger partial charge on any atom is -0.316 e. The number of hydrogen-bond donors (Lipinski definition) is 1. The molecule has 2 atom stereocenters. The van der Waals surface area contributed by atoms with Crippen LogP contribution >= 0.6 is 0 Å². The average Bonchev–Trinajstić information content (AvgIpc) is 2.31. The van der Waals surface area contributed by atoms with E-state index in [4.69, 9.17) is 0 Å². The van der Waals surface area contributed by atoms with E-state index in [1.165, 1.54) is 58.0 Å². The van der Waals surface area contributed by atoms with E-state index in [0.717, 1.165) is 17.9 Å². The van der Waals surface area contributed by atoms with Gasteiger partial charge < -0.3 is 10.2 Å². The Kier molecular flexibility index (Phi) is 4.66. The standard InChI is InChI=1S/C14H28N2/c1-16(2)14(12-7-4-3-5-8-12)13-9-6-10-15-11-13/h12-15H,3-11H2,1-2H3. The van der Waals surface area contributed by atoms with Crippen LogP contribution in [0.1, 0.15) is 44.9 Å². The third kappa shape index (κ3) is 2.98. The summed E-state index contributed by atoms with van der Waals surface area (Å²) in [6.07, 6.45) is 10.2. The summed E-state index contributed by atoms with van der Waals surface area (Å²) >= 11 is 0. The van der Waals surface area contributed by atoms with Crippen LogP contribution in [0.4, 0.5) is 0 Å². The Morgan fingerprint density at radius 3 is 2.19 bits per heavy atom. The highest BCUT2D eigenvalue weighted by Gasteiger charge is 2.32. The molecule has 0 radical (unpaired) electrons. The smallest absolute Gasteiger partial charge is 0.0158 e. The van der Waals surface area contributed by atoms with E-state index in [0.29, 0.717) is 0 Å². The minimum absolute atomic E-state index is 0.827. The van der Waals surface area contributed by atoms with E-state index < -0.39 is 0 Å². The highest BCUT2D eigenvalue weighted by molar-refractivity contribution is 4.87. The molecule has 94 valence electrons. The van der Waals surface area contributed by atoms with E-state index in [2.05, 4.69) is 24.3 Å². The summed E-state index contributed by atoms with van der Waals surface area (Å²) in [6, 6.07) is 0.827. The Morgan fingerprint density at radius 2 is 1.62 bits per heavy atom. The molecule has 1 saturated heterocycles. The van der Waals surface area contributed by atoms with E-state index in [1.807, 2.05) is 0 Å². The Labute approximate surface area is 101 Å². The highest BCUT2D eigenvalue weighted by atomic mass is 15.1. The zero-order valence-corrected chi connectivity index (χ0v) is 11.0. The van der Waals surface area contributed by atoms with Gasteiger partial charge in [-0.25, -0.2) is 0 Å². The molecule has 1 saturated carbocycles. The molecule has 0 aromatic carbocycles. The fraction of sp³-hybridized carbons (Fsp3) is 1.00. The summed E-state index contributed by atoms with van der Waals surface area (Å²) in [5.74, 6) is 1.86. The summed E-state index contributed by atoms with van der Waals surface area (Å²) in [7, 11) is 4.57. The molecule has 1 N–H and O–H groups in total. The maximum atomic E-state index is 3.58. The Bertz CT molecular complexity index is 173. The van der Waals surface area contributed by atoms with Crippen LogP contribution in [0.2, 0.25) is 0 Å². The Hall–Kier alpha value is -0.0800. The van der Waals surface area contributed by atoms with Crippen molar-refractivity contribution in [3.63, 3.8) is 0 Å². The van der Waals surface area contributed by atoms with Gasteiger partial charge >= 0.3 is 0 Å². The van der Waals surface area contributed by atoms with Crippen LogP contribution in [0.5, 0.6) is 0 Å². The van der Waals surface area contributed by atoms with E-state index in [-0.39, 0.29) is 0 Å². The molecule has 16 heavy (non-hydrogen) atoms. The van der Waals surface area contributed by atoms with Gasteiger partial charge in [-0.05, 0) is 64.7 Å². The number of hydrogen-bond acceptors (Lipinski definition) is 2. The molecule has 2 fully saturated rings. The normalized spacial score (nSPS) is 30.6. The third-order valence-corrected chi connectivity index (χ3v) is 4.55. The lowest BCUT2D eigenvalue weighted by molar-refractivity contribution is 0.0978. The highest BCUT2D eigenvalue weighted by Crippen LogP contribution is 2.33. The average molecular weight is 224 g/mol. The van der Waals surface area contributed by atoms with Crippen LogP contribution in [0, 0.1) is 11.8 Å². The second-order valence-electron chi connectivity index (χ2n) is 5.96. The molecule has 0 aromatic rings. The largest absolute Gasteiger partial charge is 0.316 e. The molecule has 0 aromatic heterocycles. The van der Waals surface area contributed by atoms with Crippen molar-refractivity contribution in [1.82, 2.24) is 10.2 Å². The Balaban J connectivity index is 1.96. The van der Waals surface area contributed by atoms with Gasteiger partial charge in [0.2, 0.25) is 0 Å². The van der Waals surface area contributed by atoms with Crippen LogP contribution in [-0.4, -0.2) is 38.1 Å². The van der Waals surface area contributed by atoms with Gasteiger partial charge in [0, 0.05) is 6.04 Å². The maximum Gasteiger partial charge on any atom is 0.0158 e. The third-order valence-electron chi connectivity index (χ3n) is 4.55. The summed E-state index contributed by atoms with van der Waals surface area (Å²) in [5, 5.41) is 3.58. The molecule has 1 aliphatic heterocycles. The minimum atomic E-state index is 0.827. The molecule has 2 rings (SSSR count). The first-order valence-electron chi connectivity index (χ1n) is 7.16. The van der Waals surface area contributed by atoms with Crippen LogP contribution < -0.4 is 5.32 Å². The number of piperidine rings is 1. The van der Waals surface area contributed by atoms with Gasteiger partial charge in [-0.2, -0.15) is 0 Å². The van der Waals surface area contributed by atoms with Crippen LogP contribution in [0.15, 0.2) is 0 Å². The first kappa shape index (κ1) is 12.4. The second-order valence-corrected chi connectivity index (χ2v) is 5.96.